The maximum atomic E-state index is 12.6. The first-order chi connectivity index (χ1) is 14.1. The van der Waals surface area contributed by atoms with Gasteiger partial charge in [-0.25, -0.2) is 9.59 Å². The van der Waals surface area contributed by atoms with Gasteiger partial charge in [0.05, 0.1) is 19.8 Å². The Kier molecular flexibility index (Phi) is 8.53. The topological polar surface area (TPSA) is 77.1 Å². The van der Waals surface area contributed by atoms with Crippen LogP contribution in [0.4, 0.5) is 9.59 Å². The van der Waals surface area contributed by atoms with Crippen LogP contribution >= 0.6 is 0 Å². The van der Waals surface area contributed by atoms with Crippen molar-refractivity contribution in [2.24, 2.45) is 5.92 Å². The first-order valence-corrected chi connectivity index (χ1v) is 10.6. The Morgan fingerprint density at radius 2 is 2.00 bits per heavy atom. The summed E-state index contributed by atoms with van der Waals surface area (Å²) in [5.74, 6) is 0.143. The van der Waals surface area contributed by atoms with Crippen LogP contribution in [-0.2, 0) is 14.2 Å². The molecule has 0 unspecified atom stereocenters. The number of benzene rings is 1. The average molecular weight is 421 g/mol. The highest BCUT2D eigenvalue weighted by atomic mass is 16.6. The molecule has 1 saturated heterocycles. The number of piperidine rings is 1. The van der Waals surface area contributed by atoms with Gasteiger partial charge in [-0.3, -0.25) is 0 Å². The fourth-order valence-corrected chi connectivity index (χ4v) is 3.71. The van der Waals surface area contributed by atoms with Crippen molar-refractivity contribution < 1.29 is 23.8 Å². The lowest BCUT2D eigenvalue weighted by Gasteiger charge is -2.38. The summed E-state index contributed by atoms with van der Waals surface area (Å²) >= 11 is 0. The van der Waals surface area contributed by atoms with Gasteiger partial charge in [0, 0.05) is 25.6 Å². The minimum Gasteiger partial charge on any atom is -0.453 e. The van der Waals surface area contributed by atoms with Crippen LogP contribution in [-0.4, -0.2) is 56.0 Å². The molecule has 168 valence electrons. The molecule has 1 aromatic rings. The van der Waals surface area contributed by atoms with E-state index in [2.05, 4.69) is 42.1 Å². The fourth-order valence-electron chi connectivity index (χ4n) is 3.71. The Hall–Kier alpha value is -2.28. The van der Waals surface area contributed by atoms with Gasteiger partial charge >= 0.3 is 12.2 Å². The Labute approximate surface area is 180 Å². The van der Waals surface area contributed by atoms with Crippen LogP contribution in [0.3, 0.4) is 0 Å². The van der Waals surface area contributed by atoms with Crippen LogP contribution in [0.2, 0.25) is 0 Å². The molecule has 0 bridgehead atoms. The first kappa shape index (κ1) is 24.0. The number of likely N-dealkylation sites (tertiary alicyclic amines) is 1. The molecule has 1 heterocycles. The van der Waals surface area contributed by atoms with Crippen LogP contribution in [0.5, 0.6) is 0 Å². The largest absolute Gasteiger partial charge is 0.453 e. The van der Waals surface area contributed by atoms with Gasteiger partial charge in [-0.2, -0.15) is 0 Å². The average Bonchev–Trinajstić information content (AvgIpc) is 2.68. The second kappa shape index (κ2) is 10.7. The minimum atomic E-state index is -0.521. The zero-order valence-corrected chi connectivity index (χ0v) is 19.1. The molecule has 0 aliphatic carbocycles. The van der Waals surface area contributed by atoms with Gasteiger partial charge in [-0.05, 0) is 58.6 Å². The number of hydrogen-bond donors (Lipinski definition) is 1. The molecule has 1 N–H and O–H groups in total. The number of aryl methyl sites for hydroxylation is 2. The van der Waals surface area contributed by atoms with Gasteiger partial charge in [0.2, 0.25) is 0 Å². The first-order valence-electron chi connectivity index (χ1n) is 10.6. The highest BCUT2D eigenvalue weighted by Gasteiger charge is 2.33. The van der Waals surface area contributed by atoms with E-state index in [9.17, 15) is 9.59 Å². The quantitative estimate of drug-likeness (QED) is 0.692. The Morgan fingerprint density at radius 3 is 2.67 bits per heavy atom. The van der Waals surface area contributed by atoms with Gasteiger partial charge in [0.15, 0.2) is 0 Å². The van der Waals surface area contributed by atoms with Crippen molar-refractivity contribution in [3.8, 4) is 0 Å². The SMILES string of the molecule is COC(=O)NCCO[C@@H](c1cc(C)ccc1C)[C@@H]1CCCN(C(=O)OC(C)(C)C)C1. The van der Waals surface area contributed by atoms with Crippen molar-refractivity contribution in [2.75, 3.05) is 33.4 Å². The number of amides is 2. The third-order valence-electron chi connectivity index (χ3n) is 5.13. The number of ether oxygens (including phenoxy) is 3. The molecule has 7 heteroatoms. The number of carbonyl (C=O) groups is 2. The predicted octanol–water partition coefficient (Wildman–Crippen LogP) is 4.36. The van der Waals surface area contributed by atoms with Crippen LogP contribution in [0.1, 0.15) is 56.4 Å². The van der Waals surface area contributed by atoms with Gasteiger partial charge < -0.3 is 24.4 Å². The number of carbonyl (C=O) groups excluding carboxylic acids is 2. The molecule has 1 aliphatic heterocycles. The van der Waals surface area contributed by atoms with E-state index in [1.54, 1.807) is 4.90 Å². The summed E-state index contributed by atoms with van der Waals surface area (Å²) in [6, 6.07) is 6.34. The van der Waals surface area contributed by atoms with Crippen LogP contribution in [0.15, 0.2) is 18.2 Å². The highest BCUT2D eigenvalue weighted by molar-refractivity contribution is 5.68. The molecule has 1 aromatic carbocycles. The molecule has 2 atom stereocenters. The van der Waals surface area contributed by atoms with E-state index in [0.717, 1.165) is 29.5 Å². The number of alkyl carbamates (subject to hydrolysis) is 1. The van der Waals surface area contributed by atoms with Crippen molar-refractivity contribution in [2.45, 2.75) is 59.2 Å². The number of hydrogen-bond acceptors (Lipinski definition) is 5. The number of nitrogens with one attached hydrogen (secondary N) is 1. The smallest absolute Gasteiger partial charge is 0.410 e. The summed E-state index contributed by atoms with van der Waals surface area (Å²) in [5.41, 5.74) is 2.92. The zero-order valence-electron chi connectivity index (χ0n) is 19.1. The maximum Gasteiger partial charge on any atom is 0.410 e. The molecular formula is C23H36N2O5. The van der Waals surface area contributed by atoms with E-state index in [-0.39, 0.29) is 18.1 Å². The van der Waals surface area contributed by atoms with Gasteiger partial charge in [0.25, 0.3) is 0 Å². The van der Waals surface area contributed by atoms with E-state index in [0.29, 0.717) is 26.2 Å². The maximum absolute atomic E-state index is 12.6. The molecule has 0 spiro atoms. The van der Waals surface area contributed by atoms with Gasteiger partial charge in [-0.1, -0.05) is 23.8 Å². The molecule has 0 radical (unpaired) electrons. The summed E-state index contributed by atoms with van der Waals surface area (Å²) in [5, 5.41) is 2.65. The normalized spacial score (nSPS) is 17.9. The number of rotatable bonds is 6. The second-order valence-electron chi connectivity index (χ2n) is 8.90. The van der Waals surface area contributed by atoms with Crippen molar-refractivity contribution in [3.63, 3.8) is 0 Å². The summed E-state index contributed by atoms with van der Waals surface area (Å²) in [6.07, 6.45) is 0.932. The van der Waals surface area contributed by atoms with Crippen LogP contribution < -0.4 is 5.32 Å². The second-order valence-corrected chi connectivity index (χ2v) is 8.90. The van der Waals surface area contributed by atoms with Crippen LogP contribution in [0.25, 0.3) is 0 Å². The van der Waals surface area contributed by atoms with Crippen LogP contribution in [0, 0.1) is 19.8 Å². The Morgan fingerprint density at radius 1 is 1.27 bits per heavy atom. The third kappa shape index (κ3) is 7.20. The van der Waals surface area contributed by atoms with E-state index >= 15 is 0 Å². The molecule has 0 saturated carbocycles. The van der Waals surface area contributed by atoms with E-state index < -0.39 is 11.7 Å². The third-order valence-corrected chi connectivity index (χ3v) is 5.13. The summed E-state index contributed by atoms with van der Waals surface area (Å²) in [4.78, 5) is 25.7. The molecule has 1 fully saturated rings. The lowest BCUT2D eigenvalue weighted by atomic mass is 9.86. The molecule has 2 amide bonds. The molecule has 30 heavy (non-hydrogen) atoms. The van der Waals surface area contributed by atoms with E-state index in [1.165, 1.54) is 7.11 Å². The van der Waals surface area contributed by atoms with E-state index in [4.69, 9.17) is 9.47 Å². The fraction of sp³-hybridized carbons (Fsp3) is 0.652. The number of methoxy groups -OCH3 is 1. The Bertz CT molecular complexity index is 729. The molecule has 1 aliphatic rings. The predicted molar refractivity (Wildman–Crippen MR) is 116 cm³/mol. The summed E-state index contributed by atoms with van der Waals surface area (Å²) < 4.78 is 16.5. The number of nitrogens with zero attached hydrogens (tertiary/aromatic N) is 1. The highest BCUT2D eigenvalue weighted by Crippen LogP contribution is 2.35. The minimum absolute atomic E-state index is 0.143. The molecule has 0 aromatic heterocycles. The van der Waals surface area contributed by atoms with Crippen molar-refractivity contribution in [1.29, 1.82) is 0 Å². The summed E-state index contributed by atoms with van der Waals surface area (Å²) in [7, 11) is 1.34. The lowest BCUT2D eigenvalue weighted by molar-refractivity contribution is -0.0248. The van der Waals surface area contributed by atoms with Crippen molar-refractivity contribution >= 4 is 12.2 Å². The molecule has 7 nitrogen and oxygen atoms in total. The monoisotopic (exact) mass is 420 g/mol. The van der Waals surface area contributed by atoms with Crippen molar-refractivity contribution in [3.05, 3.63) is 34.9 Å². The standard InChI is InChI=1S/C23H36N2O5/c1-16-9-10-17(2)19(14-16)20(29-13-11-24-21(26)28-6)18-8-7-12-25(15-18)22(27)30-23(3,4)5/h9-10,14,18,20H,7-8,11-13,15H2,1-6H3,(H,24,26)/t18-,20-/m1/s1. The Balaban J connectivity index is 2.15. The van der Waals surface area contributed by atoms with Crippen molar-refractivity contribution in [1.82, 2.24) is 10.2 Å². The summed E-state index contributed by atoms with van der Waals surface area (Å²) in [6.45, 7) is 11.8. The van der Waals surface area contributed by atoms with Gasteiger partial charge in [-0.15, -0.1) is 0 Å². The van der Waals surface area contributed by atoms with E-state index in [1.807, 2.05) is 20.8 Å². The zero-order chi connectivity index (χ0) is 22.3. The van der Waals surface area contributed by atoms with Gasteiger partial charge in [0.1, 0.15) is 5.60 Å². The molecular weight excluding hydrogens is 384 g/mol. The lowest BCUT2D eigenvalue weighted by Crippen LogP contribution is -2.44. The molecule has 2 rings (SSSR count).